The molecule has 0 aliphatic heterocycles. The molecular formula is C58H50N2. The highest BCUT2D eigenvalue weighted by atomic mass is 15.1. The molecule has 0 saturated heterocycles. The van der Waals surface area contributed by atoms with Crippen LogP contribution in [0.25, 0.3) is 43.8 Å². The van der Waals surface area contributed by atoms with Gasteiger partial charge in [-0.05, 0) is 128 Å². The Morgan fingerprint density at radius 3 is 1.18 bits per heavy atom. The van der Waals surface area contributed by atoms with Crippen molar-refractivity contribution in [1.29, 1.82) is 0 Å². The van der Waals surface area contributed by atoms with Gasteiger partial charge in [0.2, 0.25) is 0 Å². The molecular weight excluding hydrogens is 725 g/mol. The standard InChI is InChI=1S/C58H50N2/c1-57(2)38-39-58(3,4)54-40-50(36-37-53(54)57)60(56-23-13-17-46-15-9-11-21-52(46)56)49-34-30-44(31-35-49)42-26-24-41(25-27-42)43-28-32-48(33-29-43)59(47-18-6-5-7-19-47)55-22-12-16-45-14-8-10-20-51(45)55/h5-37,40H,38-39H2,1-4H3. The Kier molecular flexibility index (Phi) is 9.37. The van der Waals surface area contributed by atoms with Crippen LogP contribution in [0.1, 0.15) is 51.7 Å². The minimum Gasteiger partial charge on any atom is -0.310 e. The van der Waals surface area contributed by atoms with Gasteiger partial charge in [0.25, 0.3) is 0 Å². The molecule has 1 aliphatic rings. The van der Waals surface area contributed by atoms with Gasteiger partial charge in [0.05, 0.1) is 11.4 Å². The van der Waals surface area contributed by atoms with E-state index in [2.05, 4.69) is 244 Å². The minimum atomic E-state index is 0.114. The Labute approximate surface area is 355 Å². The van der Waals surface area contributed by atoms with Crippen LogP contribution in [0.3, 0.4) is 0 Å². The van der Waals surface area contributed by atoms with Gasteiger partial charge in [-0.15, -0.1) is 0 Å². The van der Waals surface area contributed by atoms with Gasteiger partial charge >= 0.3 is 0 Å². The lowest BCUT2D eigenvalue weighted by atomic mass is 9.63. The Bertz CT molecular complexity index is 2950. The number of hydrogen-bond donors (Lipinski definition) is 0. The lowest BCUT2D eigenvalue weighted by molar-refractivity contribution is 0.332. The van der Waals surface area contributed by atoms with E-state index in [4.69, 9.17) is 0 Å². The SMILES string of the molecule is CC1(C)CCC(C)(C)c2cc(N(c3ccc(-c4ccc(-c5ccc(N(c6ccccc6)c6cccc7ccccc67)cc5)cc4)cc3)c3cccc4ccccc34)ccc21. The third-order valence-corrected chi connectivity index (χ3v) is 12.9. The zero-order valence-corrected chi connectivity index (χ0v) is 34.9. The molecule has 0 N–H and O–H groups in total. The Morgan fingerprint density at radius 2 is 0.683 bits per heavy atom. The summed E-state index contributed by atoms with van der Waals surface area (Å²) in [6, 6.07) is 75.5. The van der Waals surface area contributed by atoms with Crippen LogP contribution in [0.5, 0.6) is 0 Å². The van der Waals surface area contributed by atoms with Crippen molar-refractivity contribution >= 4 is 55.7 Å². The van der Waals surface area contributed by atoms with E-state index in [9.17, 15) is 0 Å². The molecule has 0 radical (unpaired) electrons. The summed E-state index contributed by atoms with van der Waals surface area (Å²) < 4.78 is 0. The minimum absolute atomic E-state index is 0.114. The van der Waals surface area contributed by atoms with Crippen molar-refractivity contribution in [1.82, 2.24) is 0 Å². The van der Waals surface area contributed by atoms with Gasteiger partial charge in [-0.3, -0.25) is 0 Å². The van der Waals surface area contributed by atoms with E-state index >= 15 is 0 Å². The monoisotopic (exact) mass is 774 g/mol. The van der Waals surface area contributed by atoms with Crippen LogP contribution in [-0.2, 0) is 10.8 Å². The second-order valence-corrected chi connectivity index (χ2v) is 17.7. The van der Waals surface area contributed by atoms with Gasteiger partial charge in [0, 0.05) is 33.5 Å². The molecule has 1 aliphatic carbocycles. The molecule has 0 atom stereocenters. The van der Waals surface area contributed by atoms with Gasteiger partial charge in [-0.1, -0.05) is 173 Å². The molecule has 0 fully saturated rings. The van der Waals surface area contributed by atoms with Gasteiger partial charge < -0.3 is 9.80 Å². The number of para-hydroxylation sites is 1. The largest absolute Gasteiger partial charge is 0.310 e. The van der Waals surface area contributed by atoms with Crippen molar-refractivity contribution < 1.29 is 0 Å². The first-order chi connectivity index (χ1) is 29.2. The molecule has 0 bridgehead atoms. The molecule has 10 rings (SSSR count). The number of fused-ring (bicyclic) bond motifs is 3. The van der Waals surface area contributed by atoms with Gasteiger partial charge in [-0.25, -0.2) is 0 Å². The number of benzene rings is 9. The highest BCUT2D eigenvalue weighted by molar-refractivity contribution is 6.00. The van der Waals surface area contributed by atoms with Crippen LogP contribution in [-0.4, -0.2) is 0 Å². The van der Waals surface area contributed by atoms with Crippen molar-refractivity contribution in [3.05, 3.63) is 217 Å². The molecule has 0 amide bonds. The van der Waals surface area contributed by atoms with Crippen molar-refractivity contribution in [3.63, 3.8) is 0 Å². The van der Waals surface area contributed by atoms with Crippen molar-refractivity contribution in [2.24, 2.45) is 0 Å². The molecule has 0 aromatic heterocycles. The smallest absolute Gasteiger partial charge is 0.0540 e. The maximum Gasteiger partial charge on any atom is 0.0540 e. The van der Waals surface area contributed by atoms with Crippen LogP contribution >= 0.6 is 0 Å². The molecule has 0 heterocycles. The first-order valence-corrected chi connectivity index (χ1v) is 21.3. The molecule has 2 nitrogen and oxygen atoms in total. The third kappa shape index (κ3) is 6.82. The number of hydrogen-bond acceptors (Lipinski definition) is 2. The highest BCUT2D eigenvalue weighted by Gasteiger charge is 2.37. The molecule has 60 heavy (non-hydrogen) atoms. The Morgan fingerprint density at radius 1 is 0.317 bits per heavy atom. The summed E-state index contributed by atoms with van der Waals surface area (Å²) >= 11 is 0. The molecule has 292 valence electrons. The number of nitrogens with zero attached hydrogens (tertiary/aromatic N) is 2. The van der Waals surface area contributed by atoms with Crippen LogP contribution in [0.4, 0.5) is 34.1 Å². The quantitative estimate of drug-likeness (QED) is 0.152. The van der Waals surface area contributed by atoms with Crippen LogP contribution in [0.15, 0.2) is 206 Å². The van der Waals surface area contributed by atoms with Crippen molar-refractivity contribution in [2.75, 3.05) is 9.80 Å². The Hall–Kier alpha value is -6.90. The summed E-state index contributed by atoms with van der Waals surface area (Å²) in [5, 5.41) is 4.94. The van der Waals surface area contributed by atoms with Crippen LogP contribution in [0, 0.1) is 0 Å². The predicted molar refractivity (Wildman–Crippen MR) is 257 cm³/mol. The second kappa shape index (κ2) is 15.0. The molecule has 0 saturated carbocycles. The lowest BCUT2D eigenvalue weighted by Gasteiger charge is -2.42. The number of rotatable bonds is 8. The van der Waals surface area contributed by atoms with E-state index in [0.29, 0.717) is 0 Å². The predicted octanol–water partition coefficient (Wildman–Crippen LogP) is 16.6. The average molecular weight is 775 g/mol. The van der Waals surface area contributed by atoms with E-state index < -0.39 is 0 Å². The normalized spacial score (nSPS) is 14.1. The second-order valence-electron chi connectivity index (χ2n) is 17.7. The maximum atomic E-state index is 2.47. The first-order valence-electron chi connectivity index (χ1n) is 21.3. The fourth-order valence-corrected chi connectivity index (χ4v) is 9.41. The summed E-state index contributed by atoms with van der Waals surface area (Å²) in [6.07, 6.45) is 2.39. The molecule has 2 heteroatoms. The topological polar surface area (TPSA) is 6.48 Å². The van der Waals surface area contributed by atoms with E-state index in [0.717, 1.165) is 17.1 Å². The average Bonchev–Trinajstić information content (AvgIpc) is 3.29. The summed E-state index contributed by atoms with van der Waals surface area (Å²) in [6.45, 7) is 9.63. The van der Waals surface area contributed by atoms with Crippen molar-refractivity contribution in [2.45, 2.75) is 51.4 Å². The molecule has 0 spiro atoms. The zero-order valence-electron chi connectivity index (χ0n) is 34.9. The molecule has 9 aromatic carbocycles. The van der Waals surface area contributed by atoms with E-state index in [1.54, 1.807) is 0 Å². The molecule has 9 aromatic rings. The van der Waals surface area contributed by atoms with E-state index in [1.165, 1.54) is 84.8 Å². The first kappa shape index (κ1) is 37.4. The van der Waals surface area contributed by atoms with Crippen molar-refractivity contribution in [3.8, 4) is 22.3 Å². The molecule has 0 unspecified atom stereocenters. The van der Waals surface area contributed by atoms with Crippen LogP contribution in [0.2, 0.25) is 0 Å². The highest BCUT2D eigenvalue weighted by Crippen LogP contribution is 2.49. The fourth-order valence-electron chi connectivity index (χ4n) is 9.41. The summed E-state index contributed by atoms with van der Waals surface area (Å²) in [5.41, 5.74) is 14.9. The summed E-state index contributed by atoms with van der Waals surface area (Å²) in [7, 11) is 0. The van der Waals surface area contributed by atoms with E-state index in [1.807, 2.05) is 0 Å². The maximum absolute atomic E-state index is 2.47. The third-order valence-electron chi connectivity index (χ3n) is 12.9. The Balaban J connectivity index is 0.962. The zero-order chi connectivity index (χ0) is 40.8. The lowest BCUT2D eigenvalue weighted by Crippen LogP contribution is -2.34. The van der Waals surface area contributed by atoms with Crippen LogP contribution < -0.4 is 9.80 Å². The summed E-state index contributed by atoms with van der Waals surface area (Å²) in [5.74, 6) is 0. The fraction of sp³-hybridized carbons (Fsp3) is 0.138. The van der Waals surface area contributed by atoms with Gasteiger partial charge in [-0.2, -0.15) is 0 Å². The van der Waals surface area contributed by atoms with Gasteiger partial charge in [0.1, 0.15) is 0 Å². The van der Waals surface area contributed by atoms with E-state index in [-0.39, 0.29) is 10.8 Å². The summed E-state index contributed by atoms with van der Waals surface area (Å²) in [4.78, 5) is 4.81. The van der Waals surface area contributed by atoms with Gasteiger partial charge in [0.15, 0.2) is 0 Å². The number of anilines is 6.